The van der Waals surface area contributed by atoms with Crippen molar-refractivity contribution in [2.45, 2.75) is 6.92 Å². The van der Waals surface area contributed by atoms with E-state index in [1.807, 2.05) is 0 Å². The fourth-order valence-corrected chi connectivity index (χ4v) is 1.77. The number of carbonyl (C=O) groups is 1. The number of methoxy groups -OCH3 is 1. The van der Waals surface area contributed by atoms with Gasteiger partial charge < -0.3 is 14.6 Å². The van der Waals surface area contributed by atoms with Gasteiger partial charge in [-0.25, -0.2) is 0 Å². The largest absolute Gasteiger partial charge is 0.496 e. The van der Waals surface area contributed by atoms with Crippen LogP contribution in [0.4, 0.5) is 5.82 Å². The van der Waals surface area contributed by atoms with Crippen molar-refractivity contribution in [2.75, 3.05) is 12.4 Å². The van der Waals surface area contributed by atoms with Gasteiger partial charge in [0, 0.05) is 22.7 Å². The summed E-state index contributed by atoms with van der Waals surface area (Å²) < 4.78 is 10.0. The van der Waals surface area contributed by atoms with E-state index in [4.69, 9.17) is 20.9 Å². The van der Waals surface area contributed by atoms with Crippen molar-refractivity contribution >= 4 is 29.4 Å². The SMILES string of the molecule is COc1ccc(Cl)cc1/C=C/C(=O)Nc1cc(C)on1. The van der Waals surface area contributed by atoms with E-state index in [0.717, 1.165) is 0 Å². The molecule has 0 aliphatic rings. The Kier molecular flexibility index (Phi) is 4.42. The van der Waals surface area contributed by atoms with Crippen molar-refractivity contribution in [3.05, 3.63) is 46.7 Å². The Bertz CT molecular complexity index is 650. The van der Waals surface area contributed by atoms with E-state index >= 15 is 0 Å². The smallest absolute Gasteiger partial charge is 0.249 e. The molecule has 1 aromatic carbocycles. The predicted molar refractivity (Wildman–Crippen MR) is 76.9 cm³/mol. The van der Waals surface area contributed by atoms with Crippen LogP contribution in [0.25, 0.3) is 6.08 Å². The monoisotopic (exact) mass is 292 g/mol. The molecule has 2 aromatic rings. The lowest BCUT2D eigenvalue weighted by atomic mass is 10.2. The summed E-state index contributed by atoms with van der Waals surface area (Å²) in [5.74, 6) is 1.31. The Morgan fingerprint density at radius 3 is 2.90 bits per heavy atom. The Labute approximate surface area is 121 Å². The minimum Gasteiger partial charge on any atom is -0.496 e. The maximum absolute atomic E-state index is 11.7. The number of aromatic nitrogens is 1. The Morgan fingerprint density at radius 1 is 1.45 bits per heavy atom. The summed E-state index contributed by atoms with van der Waals surface area (Å²) in [5.41, 5.74) is 0.714. The van der Waals surface area contributed by atoms with Gasteiger partial charge in [-0.3, -0.25) is 4.79 Å². The van der Waals surface area contributed by atoms with Gasteiger partial charge >= 0.3 is 0 Å². The number of nitrogens with zero attached hydrogens (tertiary/aromatic N) is 1. The van der Waals surface area contributed by atoms with Crippen LogP contribution in [0.2, 0.25) is 5.02 Å². The van der Waals surface area contributed by atoms with Crippen molar-refractivity contribution in [1.82, 2.24) is 5.16 Å². The summed E-state index contributed by atoms with van der Waals surface area (Å²) in [5, 5.41) is 6.82. The first-order chi connectivity index (χ1) is 9.58. The molecule has 1 aromatic heterocycles. The lowest BCUT2D eigenvalue weighted by molar-refractivity contribution is -0.111. The molecule has 104 valence electrons. The van der Waals surface area contributed by atoms with Crippen LogP contribution in [0.15, 0.2) is 34.9 Å². The van der Waals surface area contributed by atoms with E-state index in [2.05, 4.69) is 10.5 Å². The highest BCUT2D eigenvalue weighted by Gasteiger charge is 2.04. The molecule has 20 heavy (non-hydrogen) atoms. The van der Waals surface area contributed by atoms with Crippen LogP contribution in [0.5, 0.6) is 5.75 Å². The number of amides is 1. The average Bonchev–Trinajstić information content (AvgIpc) is 2.82. The third-order valence-electron chi connectivity index (χ3n) is 2.49. The fourth-order valence-electron chi connectivity index (χ4n) is 1.59. The molecular formula is C14H13ClN2O3. The van der Waals surface area contributed by atoms with E-state index in [1.165, 1.54) is 6.08 Å². The highest BCUT2D eigenvalue weighted by Crippen LogP contribution is 2.23. The molecule has 6 heteroatoms. The molecule has 1 heterocycles. The maximum atomic E-state index is 11.7. The van der Waals surface area contributed by atoms with Crippen molar-refractivity contribution in [1.29, 1.82) is 0 Å². The maximum Gasteiger partial charge on any atom is 0.249 e. The summed E-state index contributed by atoms with van der Waals surface area (Å²) in [6, 6.07) is 6.80. The minimum atomic E-state index is -0.319. The normalized spacial score (nSPS) is 10.8. The number of ether oxygens (including phenoxy) is 1. The van der Waals surface area contributed by atoms with Crippen LogP contribution in [0.1, 0.15) is 11.3 Å². The van der Waals surface area contributed by atoms with Gasteiger partial charge in [-0.15, -0.1) is 0 Å². The first-order valence-electron chi connectivity index (χ1n) is 5.84. The van der Waals surface area contributed by atoms with Gasteiger partial charge in [-0.2, -0.15) is 0 Å². The van der Waals surface area contributed by atoms with Crippen molar-refractivity contribution < 1.29 is 14.1 Å². The van der Waals surface area contributed by atoms with Crippen molar-refractivity contribution in [2.24, 2.45) is 0 Å². The molecule has 0 saturated carbocycles. The number of nitrogens with one attached hydrogen (secondary N) is 1. The first-order valence-corrected chi connectivity index (χ1v) is 6.22. The number of carbonyl (C=O) groups excluding carboxylic acids is 1. The van der Waals surface area contributed by atoms with Crippen LogP contribution in [-0.4, -0.2) is 18.2 Å². The lowest BCUT2D eigenvalue weighted by Crippen LogP contribution is -2.07. The molecule has 0 radical (unpaired) electrons. The summed E-state index contributed by atoms with van der Waals surface area (Å²) >= 11 is 5.91. The van der Waals surface area contributed by atoms with Crippen LogP contribution in [-0.2, 0) is 4.79 Å². The van der Waals surface area contributed by atoms with E-state index in [0.29, 0.717) is 27.9 Å². The number of rotatable bonds is 4. The molecule has 0 spiro atoms. The zero-order chi connectivity index (χ0) is 14.5. The topological polar surface area (TPSA) is 64.4 Å². The van der Waals surface area contributed by atoms with Crippen molar-refractivity contribution in [3.8, 4) is 5.75 Å². The zero-order valence-electron chi connectivity index (χ0n) is 11.0. The summed E-state index contributed by atoms with van der Waals surface area (Å²) in [6.45, 7) is 1.75. The molecule has 0 unspecified atom stereocenters. The molecule has 0 atom stereocenters. The Balaban J connectivity index is 2.09. The zero-order valence-corrected chi connectivity index (χ0v) is 11.8. The van der Waals surface area contributed by atoms with Crippen LogP contribution < -0.4 is 10.1 Å². The Hall–Kier alpha value is -2.27. The average molecular weight is 293 g/mol. The van der Waals surface area contributed by atoms with E-state index in [9.17, 15) is 4.79 Å². The molecule has 0 saturated heterocycles. The van der Waals surface area contributed by atoms with Gasteiger partial charge in [0.25, 0.3) is 0 Å². The molecule has 0 aliphatic carbocycles. The quantitative estimate of drug-likeness (QED) is 0.878. The molecule has 5 nitrogen and oxygen atoms in total. The number of aryl methyl sites for hydroxylation is 1. The van der Waals surface area contributed by atoms with Crippen LogP contribution >= 0.6 is 11.6 Å². The number of benzene rings is 1. The number of anilines is 1. The molecule has 0 aliphatic heterocycles. The lowest BCUT2D eigenvalue weighted by Gasteiger charge is -2.04. The second kappa shape index (κ2) is 6.25. The second-order valence-corrected chi connectivity index (χ2v) is 4.47. The standard InChI is InChI=1S/C14H13ClN2O3/c1-9-7-13(17-20-9)16-14(18)6-3-10-8-11(15)4-5-12(10)19-2/h3-8H,1-2H3,(H,16,17,18)/b6-3+. The first kappa shape index (κ1) is 14.1. The molecule has 1 amide bonds. The van der Waals surface area contributed by atoms with E-state index < -0.39 is 0 Å². The van der Waals surface area contributed by atoms with Crippen LogP contribution in [0.3, 0.4) is 0 Å². The molecular weight excluding hydrogens is 280 g/mol. The Morgan fingerprint density at radius 2 is 2.25 bits per heavy atom. The van der Waals surface area contributed by atoms with Crippen molar-refractivity contribution in [3.63, 3.8) is 0 Å². The molecule has 2 rings (SSSR count). The highest BCUT2D eigenvalue weighted by molar-refractivity contribution is 6.30. The van der Waals surface area contributed by atoms with Gasteiger partial charge in [0.05, 0.1) is 7.11 Å². The minimum absolute atomic E-state index is 0.319. The summed E-state index contributed by atoms with van der Waals surface area (Å²) in [4.78, 5) is 11.7. The second-order valence-electron chi connectivity index (χ2n) is 4.03. The van der Waals surface area contributed by atoms with Gasteiger partial charge in [0.15, 0.2) is 5.82 Å². The van der Waals surface area contributed by atoms with Gasteiger partial charge in [-0.1, -0.05) is 16.8 Å². The van der Waals surface area contributed by atoms with E-state index in [1.54, 1.807) is 44.4 Å². The highest BCUT2D eigenvalue weighted by atomic mass is 35.5. The van der Waals surface area contributed by atoms with Gasteiger partial charge in [0.1, 0.15) is 11.5 Å². The van der Waals surface area contributed by atoms with E-state index in [-0.39, 0.29) is 5.91 Å². The summed E-state index contributed by atoms with van der Waals surface area (Å²) in [7, 11) is 1.55. The van der Waals surface area contributed by atoms with Gasteiger partial charge in [-0.05, 0) is 31.2 Å². The van der Waals surface area contributed by atoms with Crippen LogP contribution in [0, 0.1) is 6.92 Å². The molecule has 0 bridgehead atoms. The molecule has 1 N–H and O–H groups in total. The number of hydrogen-bond acceptors (Lipinski definition) is 4. The van der Waals surface area contributed by atoms with Gasteiger partial charge in [0.2, 0.25) is 5.91 Å². The third kappa shape index (κ3) is 3.61. The number of halogens is 1. The third-order valence-corrected chi connectivity index (χ3v) is 2.72. The molecule has 0 fully saturated rings. The summed E-state index contributed by atoms with van der Waals surface area (Å²) in [6.07, 6.45) is 2.99. The fraction of sp³-hybridized carbons (Fsp3) is 0.143. The predicted octanol–water partition coefficient (Wildman–Crippen LogP) is 3.30. The number of hydrogen-bond donors (Lipinski definition) is 1.